The number of nitrogens with one attached hydrogen (secondary N) is 3. The molecule has 1 aromatic carbocycles. The lowest BCUT2D eigenvalue weighted by atomic mass is 10.2. The molecule has 3 N–H and O–H groups in total. The summed E-state index contributed by atoms with van der Waals surface area (Å²) in [5.74, 6) is -0.501. The first-order chi connectivity index (χ1) is 9.95. The molecule has 0 aromatic heterocycles. The number of amides is 3. The minimum Gasteiger partial charge on any atom is -0.376 e. The topological polar surface area (TPSA) is 113 Å². The summed E-state index contributed by atoms with van der Waals surface area (Å²) in [5, 5.41) is 18.3. The molecule has 0 radical (unpaired) electrons. The van der Waals surface area contributed by atoms with Crippen molar-refractivity contribution in [1.82, 2.24) is 10.6 Å². The van der Waals surface area contributed by atoms with E-state index in [-0.39, 0.29) is 18.3 Å². The summed E-state index contributed by atoms with van der Waals surface area (Å²) >= 11 is 0. The first-order valence-electron chi connectivity index (χ1n) is 6.55. The summed E-state index contributed by atoms with van der Waals surface area (Å²) in [4.78, 5) is 33.2. The van der Waals surface area contributed by atoms with Crippen LogP contribution >= 0.6 is 0 Å². The van der Waals surface area contributed by atoms with E-state index in [1.165, 1.54) is 12.1 Å². The van der Waals surface area contributed by atoms with E-state index in [9.17, 15) is 19.7 Å². The number of carbonyl (C=O) groups is 2. The maximum absolute atomic E-state index is 11.6. The highest BCUT2D eigenvalue weighted by atomic mass is 16.6. The van der Waals surface area contributed by atoms with Gasteiger partial charge < -0.3 is 10.6 Å². The standard InChI is InChI=1S/C13H16N4O4/c1-8-2-5-10(17(20)21)6-11(8)14-7-12(18)16-13(19)15-9-3-4-9/h2,5-6,9,14H,3-4,7H2,1H3,(H2,15,16,18,19). The lowest BCUT2D eigenvalue weighted by Gasteiger charge is -2.09. The first-order valence-corrected chi connectivity index (χ1v) is 6.55. The van der Waals surface area contributed by atoms with Crippen LogP contribution in [0.5, 0.6) is 0 Å². The van der Waals surface area contributed by atoms with E-state index in [2.05, 4.69) is 16.0 Å². The van der Waals surface area contributed by atoms with Crippen molar-refractivity contribution in [2.24, 2.45) is 0 Å². The van der Waals surface area contributed by atoms with Crippen LogP contribution in [0.25, 0.3) is 0 Å². The Hall–Kier alpha value is -2.64. The van der Waals surface area contributed by atoms with Crippen LogP contribution in [0.4, 0.5) is 16.2 Å². The Labute approximate surface area is 121 Å². The van der Waals surface area contributed by atoms with Crippen molar-refractivity contribution >= 4 is 23.3 Å². The number of aryl methyl sites for hydroxylation is 1. The number of carbonyl (C=O) groups excluding carboxylic acids is 2. The van der Waals surface area contributed by atoms with E-state index >= 15 is 0 Å². The van der Waals surface area contributed by atoms with Crippen molar-refractivity contribution in [3.8, 4) is 0 Å². The maximum Gasteiger partial charge on any atom is 0.321 e. The third-order valence-corrected chi connectivity index (χ3v) is 3.04. The smallest absolute Gasteiger partial charge is 0.321 e. The highest BCUT2D eigenvalue weighted by Gasteiger charge is 2.23. The van der Waals surface area contributed by atoms with E-state index in [0.717, 1.165) is 18.4 Å². The minimum absolute atomic E-state index is 0.0602. The SMILES string of the molecule is Cc1ccc([N+](=O)[O-])cc1NCC(=O)NC(=O)NC1CC1. The molecule has 0 spiro atoms. The second-order valence-electron chi connectivity index (χ2n) is 4.91. The summed E-state index contributed by atoms with van der Waals surface area (Å²) in [6.45, 7) is 1.63. The van der Waals surface area contributed by atoms with Crippen molar-refractivity contribution < 1.29 is 14.5 Å². The predicted octanol–water partition coefficient (Wildman–Crippen LogP) is 1.30. The number of rotatable bonds is 5. The first kappa shape index (κ1) is 14.8. The number of nitro groups is 1. The molecule has 0 heterocycles. The second-order valence-corrected chi connectivity index (χ2v) is 4.91. The summed E-state index contributed by atoms with van der Waals surface area (Å²) in [6, 6.07) is 4.00. The number of urea groups is 1. The number of anilines is 1. The Morgan fingerprint density at radius 2 is 2.10 bits per heavy atom. The third-order valence-electron chi connectivity index (χ3n) is 3.04. The number of hydrogen-bond acceptors (Lipinski definition) is 5. The van der Waals surface area contributed by atoms with Crippen molar-refractivity contribution in [2.45, 2.75) is 25.8 Å². The van der Waals surface area contributed by atoms with E-state index < -0.39 is 16.9 Å². The Balaban J connectivity index is 1.86. The van der Waals surface area contributed by atoms with Gasteiger partial charge in [0.25, 0.3) is 5.69 Å². The van der Waals surface area contributed by atoms with Gasteiger partial charge in [0.05, 0.1) is 11.5 Å². The predicted molar refractivity (Wildman–Crippen MR) is 76.0 cm³/mol. The summed E-state index contributed by atoms with van der Waals surface area (Å²) < 4.78 is 0. The van der Waals surface area contributed by atoms with Crippen LogP contribution in [-0.2, 0) is 4.79 Å². The third kappa shape index (κ3) is 4.44. The Kier molecular flexibility index (Phi) is 4.36. The lowest BCUT2D eigenvalue weighted by molar-refractivity contribution is -0.384. The molecular formula is C13H16N4O4. The molecule has 0 aliphatic heterocycles. The van der Waals surface area contributed by atoms with E-state index in [4.69, 9.17) is 0 Å². The van der Waals surface area contributed by atoms with Crippen molar-refractivity contribution in [1.29, 1.82) is 0 Å². The quantitative estimate of drug-likeness (QED) is 0.559. The summed E-state index contributed by atoms with van der Waals surface area (Å²) in [6.07, 6.45) is 1.87. The number of nitrogens with zero attached hydrogens (tertiary/aromatic N) is 1. The number of nitro benzene ring substituents is 1. The van der Waals surface area contributed by atoms with E-state index in [1.54, 1.807) is 13.0 Å². The molecule has 0 saturated heterocycles. The zero-order valence-electron chi connectivity index (χ0n) is 11.5. The van der Waals surface area contributed by atoms with Gasteiger partial charge in [-0.25, -0.2) is 4.79 Å². The van der Waals surface area contributed by atoms with Crippen LogP contribution in [0, 0.1) is 17.0 Å². The average molecular weight is 292 g/mol. The van der Waals surface area contributed by atoms with Gasteiger partial charge in [-0.15, -0.1) is 0 Å². The van der Waals surface area contributed by atoms with Gasteiger partial charge >= 0.3 is 6.03 Å². The molecule has 0 bridgehead atoms. The molecular weight excluding hydrogens is 276 g/mol. The Bertz CT molecular complexity index is 584. The van der Waals surface area contributed by atoms with Crippen LogP contribution in [0.3, 0.4) is 0 Å². The molecule has 0 atom stereocenters. The fourth-order valence-electron chi connectivity index (χ4n) is 1.71. The van der Waals surface area contributed by atoms with Crippen molar-refractivity contribution in [2.75, 3.05) is 11.9 Å². The molecule has 0 unspecified atom stereocenters. The molecule has 8 heteroatoms. The van der Waals surface area contributed by atoms with Gasteiger partial charge in [-0.05, 0) is 25.3 Å². The van der Waals surface area contributed by atoms with Crippen LogP contribution in [0.15, 0.2) is 18.2 Å². The monoisotopic (exact) mass is 292 g/mol. The van der Waals surface area contributed by atoms with E-state index in [0.29, 0.717) is 5.69 Å². The molecule has 8 nitrogen and oxygen atoms in total. The van der Waals surface area contributed by atoms with Gasteiger partial charge in [-0.2, -0.15) is 0 Å². The Morgan fingerprint density at radius 3 is 2.71 bits per heavy atom. The highest BCUT2D eigenvalue weighted by molar-refractivity contribution is 5.96. The molecule has 1 aliphatic rings. The van der Waals surface area contributed by atoms with Gasteiger partial charge in [-0.3, -0.25) is 20.2 Å². The molecule has 2 rings (SSSR count). The van der Waals surface area contributed by atoms with Crippen LogP contribution in [-0.4, -0.2) is 29.4 Å². The van der Waals surface area contributed by atoms with Gasteiger partial charge in [0.1, 0.15) is 0 Å². The summed E-state index contributed by atoms with van der Waals surface area (Å²) in [5.41, 5.74) is 1.20. The maximum atomic E-state index is 11.6. The van der Waals surface area contributed by atoms with Crippen LogP contribution in [0.2, 0.25) is 0 Å². The zero-order valence-corrected chi connectivity index (χ0v) is 11.5. The minimum atomic E-state index is -0.514. The van der Waals surface area contributed by atoms with Crippen molar-refractivity contribution in [3.05, 3.63) is 33.9 Å². The fourth-order valence-corrected chi connectivity index (χ4v) is 1.71. The average Bonchev–Trinajstić information content (AvgIpc) is 3.21. The molecule has 112 valence electrons. The van der Waals surface area contributed by atoms with Crippen LogP contribution < -0.4 is 16.0 Å². The normalized spacial score (nSPS) is 13.4. The number of hydrogen-bond donors (Lipinski definition) is 3. The molecule has 1 saturated carbocycles. The Morgan fingerprint density at radius 1 is 1.38 bits per heavy atom. The van der Waals surface area contributed by atoms with Gasteiger partial charge in [0, 0.05) is 23.9 Å². The van der Waals surface area contributed by atoms with Gasteiger partial charge in [-0.1, -0.05) is 6.07 Å². The van der Waals surface area contributed by atoms with Gasteiger partial charge in [0.15, 0.2) is 0 Å². The lowest BCUT2D eigenvalue weighted by Crippen LogP contribution is -2.42. The molecule has 1 aliphatic carbocycles. The highest BCUT2D eigenvalue weighted by Crippen LogP contribution is 2.21. The second kappa shape index (κ2) is 6.21. The van der Waals surface area contributed by atoms with E-state index in [1.807, 2.05) is 0 Å². The molecule has 1 fully saturated rings. The van der Waals surface area contributed by atoms with Crippen LogP contribution in [0.1, 0.15) is 18.4 Å². The summed E-state index contributed by atoms with van der Waals surface area (Å²) in [7, 11) is 0. The van der Waals surface area contributed by atoms with Crippen molar-refractivity contribution in [3.63, 3.8) is 0 Å². The number of non-ortho nitro benzene ring substituents is 1. The molecule has 3 amide bonds. The molecule has 21 heavy (non-hydrogen) atoms. The number of imide groups is 1. The fraction of sp³-hybridized carbons (Fsp3) is 0.385. The zero-order chi connectivity index (χ0) is 15.4. The van der Waals surface area contributed by atoms with Gasteiger partial charge in [0.2, 0.25) is 5.91 Å². The molecule has 1 aromatic rings. The largest absolute Gasteiger partial charge is 0.376 e. The number of benzene rings is 1.